The van der Waals surface area contributed by atoms with Gasteiger partial charge in [-0.25, -0.2) is 9.18 Å². The van der Waals surface area contributed by atoms with Crippen molar-refractivity contribution in [2.24, 2.45) is 5.92 Å². The molecule has 3 N–H and O–H groups in total. The van der Waals surface area contributed by atoms with Crippen LogP contribution in [0, 0.1) is 34.4 Å². The number of carbonyl (C=O) groups is 2. The molecule has 4 atom stereocenters. The predicted octanol–water partition coefficient (Wildman–Crippen LogP) is 6.31. The third kappa shape index (κ3) is 8.41. The van der Waals surface area contributed by atoms with E-state index in [0.29, 0.717) is 40.3 Å². The molecule has 12 heteroatoms. The van der Waals surface area contributed by atoms with Crippen molar-refractivity contribution >= 4 is 34.7 Å². The van der Waals surface area contributed by atoms with Crippen LogP contribution in [-0.2, 0) is 26.4 Å². The summed E-state index contributed by atoms with van der Waals surface area (Å²) in [5, 5.41) is 24.3. The number of ether oxygens (including phenoxy) is 1. The minimum Gasteiger partial charge on any atom is -0.598 e. The van der Waals surface area contributed by atoms with Gasteiger partial charge in [0.2, 0.25) is 5.91 Å². The molecular formula is C37H41FN6O4S. The van der Waals surface area contributed by atoms with Crippen molar-refractivity contribution in [2.45, 2.75) is 75.3 Å². The normalized spacial score (nSPS) is 19.3. The topological polar surface area (TPSA) is 153 Å². The van der Waals surface area contributed by atoms with Crippen LogP contribution in [0.3, 0.4) is 0 Å². The molecule has 5 rings (SSSR count). The summed E-state index contributed by atoms with van der Waals surface area (Å²) in [5.41, 5.74) is 1.43. The Morgan fingerprint density at radius 1 is 1.00 bits per heavy atom. The fourth-order valence-electron chi connectivity index (χ4n) is 5.98. The van der Waals surface area contributed by atoms with Crippen molar-refractivity contribution < 1.29 is 23.3 Å². The number of hydrogen-bond donors (Lipinski definition) is 3. The number of methoxy groups -OCH3 is 1. The van der Waals surface area contributed by atoms with Crippen molar-refractivity contribution in [1.82, 2.24) is 9.62 Å². The molecule has 3 aromatic carbocycles. The molecule has 256 valence electrons. The maximum atomic E-state index is 15.6. The Kier molecular flexibility index (Phi) is 11.0. The molecule has 0 spiro atoms. The molecule has 1 saturated carbocycles. The lowest BCUT2D eigenvalue weighted by atomic mass is 9.79. The summed E-state index contributed by atoms with van der Waals surface area (Å²) in [6.45, 7) is 5.73. The van der Waals surface area contributed by atoms with Gasteiger partial charge in [-0.15, -0.1) is 4.72 Å². The van der Waals surface area contributed by atoms with Crippen LogP contribution >= 0.6 is 0 Å². The molecule has 3 amide bonds. The van der Waals surface area contributed by atoms with Gasteiger partial charge in [-0.1, -0.05) is 31.0 Å². The molecule has 1 saturated heterocycles. The van der Waals surface area contributed by atoms with E-state index in [2.05, 4.69) is 21.4 Å². The molecular weight excluding hydrogens is 644 g/mol. The Labute approximate surface area is 289 Å². The molecule has 10 nitrogen and oxygen atoms in total. The van der Waals surface area contributed by atoms with Crippen molar-refractivity contribution in [2.75, 3.05) is 24.3 Å². The van der Waals surface area contributed by atoms with E-state index in [4.69, 9.17) is 10.00 Å². The molecule has 2 aliphatic rings. The van der Waals surface area contributed by atoms with Crippen molar-refractivity contribution in [3.8, 4) is 12.1 Å². The summed E-state index contributed by atoms with van der Waals surface area (Å²) in [6.07, 6.45) is 3.31. The standard InChI is InChI=1S/C37H41FN6O4S/c1-36(2,3)49(47)43-37(17-16-24-8-9-24,27-7-5-6-26(18-27)22-40)28-12-15-31(38)32(19-28)42-34(45)33-20-30(48-4)23-44(33)35(46)41-29-13-10-25(21-39)11-14-29/h5-7,10-15,18-19,24,30,33,43H,8-9,16-17,20,23H2,1-4H3,(H,41,46)(H,42,45)/t30-,33-,37-,49?/m1/s1. The first-order chi connectivity index (χ1) is 23.4. The zero-order valence-electron chi connectivity index (χ0n) is 28.1. The van der Waals surface area contributed by atoms with Gasteiger partial charge < -0.3 is 24.8 Å². The zero-order chi connectivity index (χ0) is 35.3. The van der Waals surface area contributed by atoms with E-state index in [-0.39, 0.29) is 18.7 Å². The summed E-state index contributed by atoms with van der Waals surface area (Å²) in [7, 11) is 1.50. The zero-order valence-corrected chi connectivity index (χ0v) is 28.9. The van der Waals surface area contributed by atoms with Crippen LogP contribution in [0.15, 0.2) is 66.7 Å². The Balaban J connectivity index is 1.48. The first kappa shape index (κ1) is 35.8. The van der Waals surface area contributed by atoms with Gasteiger partial charge in [-0.2, -0.15) is 10.5 Å². The third-order valence-electron chi connectivity index (χ3n) is 9.07. The van der Waals surface area contributed by atoms with Crippen LogP contribution in [0.4, 0.5) is 20.6 Å². The number of halogens is 1. The summed E-state index contributed by atoms with van der Waals surface area (Å²) in [5.74, 6) is -0.752. The average molecular weight is 685 g/mol. The molecule has 3 aromatic rings. The summed E-state index contributed by atoms with van der Waals surface area (Å²) < 4.78 is 37.6. The van der Waals surface area contributed by atoms with Crippen LogP contribution in [0.5, 0.6) is 0 Å². The molecule has 1 unspecified atom stereocenters. The van der Waals surface area contributed by atoms with Gasteiger partial charge in [0.05, 0.1) is 35.1 Å². The molecule has 0 bridgehead atoms. The number of carbonyl (C=O) groups excluding carboxylic acids is 2. The molecule has 1 aliphatic heterocycles. The van der Waals surface area contributed by atoms with E-state index in [9.17, 15) is 19.4 Å². The monoisotopic (exact) mass is 684 g/mol. The number of amides is 3. The predicted molar refractivity (Wildman–Crippen MR) is 186 cm³/mol. The van der Waals surface area contributed by atoms with Crippen molar-refractivity contribution in [3.63, 3.8) is 0 Å². The molecule has 1 heterocycles. The first-order valence-electron chi connectivity index (χ1n) is 16.3. The van der Waals surface area contributed by atoms with Crippen LogP contribution in [-0.4, -0.2) is 51.9 Å². The second kappa shape index (κ2) is 15.0. The lowest BCUT2D eigenvalue weighted by molar-refractivity contribution is -0.119. The Morgan fingerprint density at radius 2 is 1.69 bits per heavy atom. The average Bonchev–Trinajstić information content (AvgIpc) is 3.82. The number of anilines is 2. The van der Waals surface area contributed by atoms with Gasteiger partial charge in [0.25, 0.3) is 0 Å². The van der Waals surface area contributed by atoms with Crippen LogP contribution < -0.4 is 15.4 Å². The highest BCUT2D eigenvalue weighted by Gasteiger charge is 2.44. The fourth-order valence-corrected chi connectivity index (χ4v) is 6.94. The molecule has 2 fully saturated rings. The third-order valence-corrected chi connectivity index (χ3v) is 10.7. The number of benzene rings is 3. The van der Waals surface area contributed by atoms with E-state index >= 15 is 4.39 Å². The lowest BCUT2D eigenvalue weighted by Crippen LogP contribution is -2.52. The molecule has 0 radical (unpaired) electrons. The highest BCUT2D eigenvalue weighted by atomic mass is 32.2. The highest BCUT2D eigenvalue weighted by Crippen LogP contribution is 2.43. The molecule has 0 aromatic heterocycles. The summed E-state index contributed by atoms with van der Waals surface area (Å²) >= 11 is -1.56. The second-order valence-corrected chi connectivity index (χ2v) is 15.6. The fraction of sp³-hybridized carbons (Fsp3) is 0.405. The lowest BCUT2D eigenvalue weighted by Gasteiger charge is -2.39. The quantitative estimate of drug-likeness (QED) is 0.200. The number of nitriles is 2. The van der Waals surface area contributed by atoms with Crippen LogP contribution in [0.25, 0.3) is 0 Å². The van der Waals surface area contributed by atoms with Gasteiger partial charge >= 0.3 is 6.03 Å². The van der Waals surface area contributed by atoms with Gasteiger partial charge in [0.15, 0.2) is 0 Å². The largest absolute Gasteiger partial charge is 0.598 e. The van der Waals surface area contributed by atoms with E-state index in [1.165, 1.54) is 18.1 Å². The van der Waals surface area contributed by atoms with Gasteiger partial charge in [0.1, 0.15) is 22.1 Å². The number of rotatable bonds is 11. The number of nitrogens with zero attached hydrogens (tertiary/aromatic N) is 3. The highest BCUT2D eigenvalue weighted by molar-refractivity contribution is 7.90. The summed E-state index contributed by atoms with van der Waals surface area (Å²) in [6, 6.07) is 20.6. The number of urea groups is 1. The SMILES string of the molecule is CO[C@@H]1C[C@H](C(=O)Nc2cc([C@](CCC3CC3)(N[S+]([O-])C(C)(C)C)c3cccc(C#N)c3)ccc2F)N(C(=O)Nc2ccc(C#N)cc2)C1. The number of hydrogen-bond acceptors (Lipinski definition) is 7. The summed E-state index contributed by atoms with van der Waals surface area (Å²) in [4.78, 5) is 28.5. The Hall–Kier alpha value is -4.46. The maximum Gasteiger partial charge on any atom is 0.322 e. The number of nitrogens with one attached hydrogen (secondary N) is 3. The minimum atomic E-state index is -1.56. The van der Waals surface area contributed by atoms with Crippen molar-refractivity contribution in [3.05, 3.63) is 94.8 Å². The van der Waals surface area contributed by atoms with E-state index in [1.54, 1.807) is 54.6 Å². The van der Waals surface area contributed by atoms with Crippen LogP contribution in [0.1, 0.15) is 75.1 Å². The van der Waals surface area contributed by atoms with Gasteiger partial charge in [-0.05, 0) is 99.2 Å². The minimum absolute atomic E-state index is 0.0913. The Bertz CT molecular complexity index is 1760. The maximum absolute atomic E-state index is 15.6. The molecule has 49 heavy (non-hydrogen) atoms. The Morgan fingerprint density at radius 3 is 2.33 bits per heavy atom. The van der Waals surface area contributed by atoms with E-state index in [1.807, 2.05) is 32.9 Å². The van der Waals surface area contributed by atoms with E-state index in [0.717, 1.165) is 19.3 Å². The second-order valence-electron chi connectivity index (χ2n) is 13.6. The van der Waals surface area contributed by atoms with Crippen LogP contribution in [0.2, 0.25) is 0 Å². The number of likely N-dealkylation sites (tertiary alicyclic amines) is 1. The smallest absolute Gasteiger partial charge is 0.322 e. The van der Waals surface area contributed by atoms with E-state index < -0.39 is 51.5 Å². The van der Waals surface area contributed by atoms with Gasteiger partial charge in [-0.3, -0.25) is 4.79 Å². The first-order valence-corrected chi connectivity index (χ1v) is 17.4. The molecule has 1 aliphatic carbocycles. The van der Waals surface area contributed by atoms with Gasteiger partial charge in [0, 0.05) is 37.1 Å². The van der Waals surface area contributed by atoms with Crippen molar-refractivity contribution in [1.29, 1.82) is 10.5 Å².